The van der Waals surface area contributed by atoms with Gasteiger partial charge in [0.2, 0.25) is 0 Å². The zero-order chi connectivity index (χ0) is 10.4. The van der Waals surface area contributed by atoms with Gasteiger partial charge < -0.3 is 0 Å². The Kier molecular flexibility index (Phi) is 2.29. The molecule has 3 rings (SSSR count). The maximum atomic E-state index is 4.19. The standard InChI is InChI=1S/C13H11IS/c1-9-14(2)13-11-6-4-3-5-10(11)7-8-12(13)15-9/h3-8H,1H2,2H3. The van der Waals surface area contributed by atoms with Crippen molar-refractivity contribution < 1.29 is 0 Å². The molecule has 1 heterocycles. The zero-order valence-electron chi connectivity index (χ0n) is 8.46. The molecular formula is C13H11IS. The molecule has 0 saturated carbocycles. The molecule has 2 aromatic rings. The molecule has 0 radical (unpaired) electrons. The van der Waals surface area contributed by atoms with Crippen LogP contribution in [0.3, 0.4) is 0 Å². The van der Waals surface area contributed by atoms with E-state index in [4.69, 9.17) is 0 Å². The van der Waals surface area contributed by atoms with Crippen LogP contribution in [0, 0.1) is 3.57 Å². The molecule has 0 aromatic heterocycles. The molecule has 0 fully saturated rings. The summed E-state index contributed by atoms with van der Waals surface area (Å²) in [5.41, 5.74) is 0. The van der Waals surface area contributed by atoms with Crippen molar-refractivity contribution in [2.24, 2.45) is 0 Å². The normalized spacial score (nSPS) is 17.1. The Morgan fingerprint density at radius 1 is 1.13 bits per heavy atom. The summed E-state index contributed by atoms with van der Waals surface area (Å²) in [6.07, 6.45) is 0. The van der Waals surface area contributed by atoms with Crippen molar-refractivity contribution >= 4 is 42.4 Å². The number of fused-ring (bicyclic) bond motifs is 3. The van der Waals surface area contributed by atoms with Gasteiger partial charge in [-0.2, -0.15) is 0 Å². The molecule has 0 bridgehead atoms. The van der Waals surface area contributed by atoms with Crippen molar-refractivity contribution in [2.75, 3.05) is 4.93 Å². The van der Waals surface area contributed by atoms with Gasteiger partial charge in [0.05, 0.1) is 0 Å². The molecule has 0 spiro atoms. The van der Waals surface area contributed by atoms with Gasteiger partial charge in [0.15, 0.2) is 0 Å². The fraction of sp³-hybridized carbons (Fsp3) is 0.0769. The monoisotopic (exact) mass is 326 g/mol. The molecule has 76 valence electrons. The average Bonchev–Trinajstić information content (AvgIpc) is 2.55. The quantitative estimate of drug-likeness (QED) is 0.498. The first-order chi connectivity index (χ1) is 7.27. The van der Waals surface area contributed by atoms with Crippen molar-refractivity contribution in [2.45, 2.75) is 4.90 Å². The molecule has 0 unspecified atom stereocenters. The number of thioether (sulfide) groups is 1. The Bertz CT molecular complexity index is 559. The third-order valence-corrected chi connectivity index (χ3v) is 10.6. The van der Waals surface area contributed by atoms with Crippen LogP contribution in [0.25, 0.3) is 10.8 Å². The number of benzene rings is 2. The van der Waals surface area contributed by atoms with E-state index in [9.17, 15) is 0 Å². The number of hydrogen-bond donors (Lipinski definition) is 0. The summed E-state index contributed by atoms with van der Waals surface area (Å²) >= 11 is 0.786. The van der Waals surface area contributed by atoms with Crippen LogP contribution in [-0.4, -0.2) is 4.93 Å². The maximum absolute atomic E-state index is 4.19. The summed E-state index contributed by atoms with van der Waals surface area (Å²) in [4.78, 5) is 3.85. The van der Waals surface area contributed by atoms with Gasteiger partial charge in [0.25, 0.3) is 0 Å². The first-order valence-corrected chi connectivity index (χ1v) is 9.89. The first-order valence-electron chi connectivity index (χ1n) is 4.76. The Balaban J connectivity index is 2.40. The summed E-state index contributed by atoms with van der Waals surface area (Å²) in [6, 6.07) is 13.2. The predicted molar refractivity (Wildman–Crippen MR) is 77.6 cm³/mol. The summed E-state index contributed by atoms with van der Waals surface area (Å²) in [5, 5.41) is 2.82. The molecule has 1 aliphatic heterocycles. The minimum absolute atomic E-state index is 1.10. The molecular weight excluding hydrogens is 315 g/mol. The van der Waals surface area contributed by atoms with Crippen LogP contribution >= 0.6 is 31.6 Å². The van der Waals surface area contributed by atoms with Crippen molar-refractivity contribution in [3.05, 3.63) is 49.5 Å². The number of alkyl halides is 1. The van der Waals surface area contributed by atoms with Gasteiger partial charge in [-0.25, -0.2) is 0 Å². The summed E-state index contributed by atoms with van der Waals surface area (Å²) in [5.74, 6) is 0. The second kappa shape index (κ2) is 3.52. The van der Waals surface area contributed by atoms with Crippen molar-refractivity contribution in [3.63, 3.8) is 0 Å². The average molecular weight is 326 g/mol. The topological polar surface area (TPSA) is 0 Å². The molecule has 2 aromatic carbocycles. The van der Waals surface area contributed by atoms with Crippen LogP contribution in [0.5, 0.6) is 0 Å². The summed E-state index contributed by atoms with van der Waals surface area (Å²) in [7, 11) is 0. The third-order valence-electron chi connectivity index (χ3n) is 2.65. The van der Waals surface area contributed by atoms with E-state index in [0.717, 1.165) is 0 Å². The Morgan fingerprint density at radius 2 is 1.93 bits per heavy atom. The second-order valence-corrected chi connectivity index (χ2v) is 10.5. The van der Waals surface area contributed by atoms with Crippen LogP contribution in [0.15, 0.2) is 50.8 Å². The summed E-state index contributed by atoms with van der Waals surface area (Å²) < 4.78 is 3.04. The van der Waals surface area contributed by atoms with Gasteiger partial charge in [0.1, 0.15) is 0 Å². The van der Waals surface area contributed by atoms with Gasteiger partial charge in [-0.3, -0.25) is 0 Å². The Hall–Kier alpha value is -0.480. The Morgan fingerprint density at radius 3 is 2.80 bits per heavy atom. The van der Waals surface area contributed by atoms with Crippen LogP contribution < -0.4 is 0 Å². The fourth-order valence-corrected chi connectivity index (χ4v) is 8.83. The SMILES string of the molecule is C=C1Sc2ccc3ccccc3c2I1C. The molecule has 0 amide bonds. The van der Waals surface area contributed by atoms with Gasteiger partial charge in [-0.15, -0.1) is 0 Å². The van der Waals surface area contributed by atoms with E-state index in [-0.39, 0.29) is 0 Å². The molecule has 0 aliphatic carbocycles. The van der Waals surface area contributed by atoms with E-state index in [2.05, 4.69) is 47.9 Å². The van der Waals surface area contributed by atoms with Gasteiger partial charge in [-0.1, -0.05) is 0 Å². The van der Waals surface area contributed by atoms with E-state index in [1.54, 1.807) is 3.57 Å². The van der Waals surface area contributed by atoms with Crippen molar-refractivity contribution in [1.82, 2.24) is 0 Å². The van der Waals surface area contributed by atoms with E-state index in [1.165, 1.54) is 18.6 Å². The molecule has 2 heteroatoms. The molecule has 1 aliphatic rings. The predicted octanol–water partition coefficient (Wildman–Crippen LogP) is 4.72. The van der Waals surface area contributed by atoms with E-state index in [0.29, 0.717) is 0 Å². The van der Waals surface area contributed by atoms with Crippen molar-refractivity contribution in [3.8, 4) is 0 Å². The molecule has 0 N–H and O–H groups in total. The van der Waals surface area contributed by atoms with Gasteiger partial charge >= 0.3 is 102 Å². The Labute approximate surface area is 101 Å². The van der Waals surface area contributed by atoms with Crippen molar-refractivity contribution in [1.29, 1.82) is 0 Å². The van der Waals surface area contributed by atoms with E-state index >= 15 is 0 Å². The molecule has 0 atom stereocenters. The third kappa shape index (κ3) is 1.42. The zero-order valence-corrected chi connectivity index (χ0v) is 11.4. The van der Waals surface area contributed by atoms with E-state index < -0.39 is 19.8 Å². The van der Waals surface area contributed by atoms with E-state index in [1.807, 2.05) is 11.8 Å². The molecule has 0 saturated heterocycles. The summed E-state index contributed by atoms with van der Waals surface area (Å²) in [6.45, 7) is 4.19. The van der Waals surface area contributed by atoms with Crippen LogP contribution in [0.1, 0.15) is 0 Å². The number of halogens is 1. The van der Waals surface area contributed by atoms with Crippen LogP contribution in [0.2, 0.25) is 0 Å². The second-order valence-electron chi connectivity index (χ2n) is 3.53. The number of rotatable bonds is 0. The van der Waals surface area contributed by atoms with Crippen LogP contribution in [-0.2, 0) is 0 Å². The minimum atomic E-state index is -1.10. The molecule has 15 heavy (non-hydrogen) atoms. The molecule has 0 nitrogen and oxygen atoms in total. The number of hydrogen-bond acceptors (Lipinski definition) is 1. The fourth-order valence-electron chi connectivity index (χ4n) is 1.87. The van der Waals surface area contributed by atoms with Crippen LogP contribution in [0.4, 0.5) is 0 Å². The van der Waals surface area contributed by atoms with Gasteiger partial charge in [0, 0.05) is 0 Å². The first kappa shape index (κ1) is 9.73. The van der Waals surface area contributed by atoms with Gasteiger partial charge in [-0.05, 0) is 0 Å².